The van der Waals surface area contributed by atoms with E-state index in [1.807, 2.05) is 25.1 Å². The zero-order valence-electron chi connectivity index (χ0n) is 16.5. The molecule has 0 spiro atoms. The van der Waals surface area contributed by atoms with Crippen molar-refractivity contribution >= 4 is 17.3 Å². The summed E-state index contributed by atoms with van der Waals surface area (Å²) in [5, 5.41) is 6.03. The van der Waals surface area contributed by atoms with Crippen molar-refractivity contribution in [1.82, 2.24) is 0 Å². The highest BCUT2D eigenvalue weighted by Crippen LogP contribution is 2.40. The first-order chi connectivity index (χ1) is 12.9. The summed E-state index contributed by atoms with van der Waals surface area (Å²) in [6.45, 7) is 3.72. The molecular weight excluding hydrogens is 348 g/mol. The van der Waals surface area contributed by atoms with E-state index in [0.29, 0.717) is 34.4 Å². The molecule has 0 radical (unpaired) electrons. The van der Waals surface area contributed by atoms with Crippen LogP contribution in [0.1, 0.15) is 12.5 Å². The van der Waals surface area contributed by atoms with Crippen LogP contribution >= 0.6 is 0 Å². The maximum absolute atomic E-state index is 12.6. The van der Waals surface area contributed by atoms with Crippen molar-refractivity contribution in [2.24, 2.45) is 0 Å². The number of carbonyl (C=O) groups is 1. The van der Waals surface area contributed by atoms with Gasteiger partial charge in [-0.15, -0.1) is 0 Å². The first-order valence-corrected chi connectivity index (χ1v) is 8.45. The molecule has 27 heavy (non-hydrogen) atoms. The summed E-state index contributed by atoms with van der Waals surface area (Å²) in [6, 6.07) is 8.59. The minimum atomic E-state index is -0.516. The van der Waals surface area contributed by atoms with E-state index in [4.69, 9.17) is 18.9 Å². The fraction of sp³-hybridized carbons (Fsp3) is 0.350. The van der Waals surface area contributed by atoms with Gasteiger partial charge >= 0.3 is 0 Å². The molecule has 0 aliphatic rings. The van der Waals surface area contributed by atoms with Crippen LogP contribution in [-0.4, -0.2) is 40.4 Å². The molecule has 0 aliphatic heterocycles. The Morgan fingerprint density at radius 1 is 0.889 bits per heavy atom. The van der Waals surface area contributed by atoms with Crippen LogP contribution in [0, 0.1) is 6.92 Å². The van der Waals surface area contributed by atoms with Gasteiger partial charge in [-0.05, 0) is 31.5 Å². The van der Waals surface area contributed by atoms with E-state index >= 15 is 0 Å². The van der Waals surface area contributed by atoms with Crippen LogP contribution < -0.4 is 29.6 Å². The fourth-order valence-corrected chi connectivity index (χ4v) is 2.64. The number of rotatable bonds is 8. The highest BCUT2D eigenvalue weighted by molar-refractivity contribution is 5.97. The Labute approximate surface area is 159 Å². The highest BCUT2D eigenvalue weighted by Gasteiger charge is 2.18. The zero-order chi connectivity index (χ0) is 20.0. The molecule has 0 saturated carbocycles. The number of methoxy groups -OCH3 is 4. The molecule has 0 fully saturated rings. The minimum Gasteiger partial charge on any atom is -0.495 e. The molecule has 0 bridgehead atoms. The zero-order valence-corrected chi connectivity index (χ0v) is 16.5. The Hall–Kier alpha value is -3.09. The fourth-order valence-electron chi connectivity index (χ4n) is 2.64. The van der Waals surface area contributed by atoms with Crippen molar-refractivity contribution in [3.63, 3.8) is 0 Å². The second-order valence-electron chi connectivity index (χ2n) is 5.97. The minimum absolute atomic E-state index is 0.201. The van der Waals surface area contributed by atoms with Gasteiger partial charge in [-0.3, -0.25) is 4.79 Å². The van der Waals surface area contributed by atoms with Crippen molar-refractivity contribution < 1.29 is 23.7 Å². The predicted molar refractivity (Wildman–Crippen MR) is 106 cm³/mol. The first-order valence-electron chi connectivity index (χ1n) is 8.45. The van der Waals surface area contributed by atoms with Crippen molar-refractivity contribution in [1.29, 1.82) is 0 Å². The third-order valence-electron chi connectivity index (χ3n) is 4.05. The van der Waals surface area contributed by atoms with Gasteiger partial charge in [0.05, 0.1) is 34.1 Å². The molecule has 0 saturated heterocycles. The topological polar surface area (TPSA) is 78.1 Å². The van der Waals surface area contributed by atoms with E-state index in [2.05, 4.69) is 10.6 Å². The number of amides is 1. The molecule has 0 heterocycles. The van der Waals surface area contributed by atoms with E-state index in [1.165, 1.54) is 0 Å². The monoisotopic (exact) mass is 374 g/mol. The Morgan fingerprint density at radius 2 is 1.48 bits per heavy atom. The van der Waals surface area contributed by atoms with Crippen LogP contribution in [0.4, 0.5) is 11.4 Å². The highest BCUT2D eigenvalue weighted by atomic mass is 16.5. The summed E-state index contributed by atoms with van der Waals surface area (Å²) in [4.78, 5) is 12.6. The van der Waals surface area contributed by atoms with Crippen LogP contribution in [0.2, 0.25) is 0 Å². The molecule has 2 rings (SSSR count). The van der Waals surface area contributed by atoms with Crippen LogP contribution in [0.5, 0.6) is 23.0 Å². The number of ether oxygens (including phenoxy) is 4. The van der Waals surface area contributed by atoms with Gasteiger partial charge in [-0.1, -0.05) is 6.07 Å². The summed E-state index contributed by atoms with van der Waals surface area (Å²) < 4.78 is 21.3. The molecule has 7 heteroatoms. The molecular formula is C20H26N2O5. The second kappa shape index (κ2) is 9.02. The van der Waals surface area contributed by atoms with Crippen molar-refractivity contribution in [2.45, 2.75) is 19.9 Å². The van der Waals surface area contributed by atoms with Crippen molar-refractivity contribution in [2.75, 3.05) is 39.1 Å². The average molecular weight is 374 g/mol. The van der Waals surface area contributed by atoms with Gasteiger partial charge < -0.3 is 29.6 Å². The van der Waals surface area contributed by atoms with Gasteiger partial charge in [0, 0.05) is 17.8 Å². The Balaban J connectivity index is 2.18. The van der Waals surface area contributed by atoms with E-state index < -0.39 is 6.04 Å². The lowest BCUT2D eigenvalue weighted by atomic mass is 10.2. The van der Waals surface area contributed by atoms with E-state index in [-0.39, 0.29) is 5.91 Å². The molecule has 1 amide bonds. The SMILES string of the molecule is COc1ccc(C)cc1NC(=O)C(C)Nc1cc(OC)c(OC)c(OC)c1. The van der Waals surface area contributed by atoms with Crippen molar-refractivity contribution in [3.05, 3.63) is 35.9 Å². The van der Waals surface area contributed by atoms with Crippen LogP contribution in [0.3, 0.4) is 0 Å². The smallest absolute Gasteiger partial charge is 0.246 e. The largest absolute Gasteiger partial charge is 0.495 e. The molecule has 2 aromatic carbocycles. The van der Waals surface area contributed by atoms with Crippen LogP contribution in [-0.2, 0) is 4.79 Å². The molecule has 146 valence electrons. The van der Waals surface area contributed by atoms with Crippen molar-refractivity contribution in [3.8, 4) is 23.0 Å². The quantitative estimate of drug-likeness (QED) is 0.737. The number of benzene rings is 2. The lowest BCUT2D eigenvalue weighted by Gasteiger charge is -2.19. The third kappa shape index (κ3) is 4.75. The average Bonchev–Trinajstić information content (AvgIpc) is 2.67. The van der Waals surface area contributed by atoms with Crippen LogP contribution in [0.25, 0.3) is 0 Å². The molecule has 1 atom stereocenters. The summed E-state index contributed by atoms with van der Waals surface area (Å²) in [5.74, 6) is 1.91. The first kappa shape index (κ1) is 20.2. The molecule has 1 unspecified atom stereocenters. The second-order valence-corrected chi connectivity index (χ2v) is 5.97. The molecule has 2 aromatic rings. The van der Waals surface area contributed by atoms with Gasteiger partial charge in [0.1, 0.15) is 11.8 Å². The molecule has 0 aromatic heterocycles. The van der Waals surface area contributed by atoms with Gasteiger partial charge in [0.15, 0.2) is 11.5 Å². The standard InChI is InChI=1S/C20H26N2O5/c1-12-7-8-16(24-3)15(9-12)22-20(23)13(2)21-14-10-17(25-4)19(27-6)18(11-14)26-5/h7-11,13,21H,1-6H3,(H,22,23). The third-order valence-corrected chi connectivity index (χ3v) is 4.05. The summed E-state index contributed by atoms with van der Waals surface area (Å²) >= 11 is 0. The number of anilines is 2. The Kier molecular flexibility index (Phi) is 6.76. The summed E-state index contributed by atoms with van der Waals surface area (Å²) in [7, 11) is 6.19. The van der Waals surface area contributed by atoms with Crippen LogP contribution in [0.15, 0.2) is 30.3 Å². The van der Waals surface area contributed by atoms with Gasteiger partial charge in [0.2, 0.25) is 11.7 Å². The summed E-state index contributed by atoms with van der Waals surface area (Å²) in [5.41, 5.74) is 2.32. The predicted octanol–water partition coefficient (Wildman–Crippen LogP) is 3.47. The summed E-state index contributed by atoms with van der Waals surface area (Å²) in [6.07, 6.45) is 0. The van der Waals surface area contributed by atoms with Gasteiger partial charge in [0.25, 0.3) is 0 Å². The van der Waals surface area contributed by atoms with E-state index in [1.54, 1.807) is 47.5 Å². The number of nitrogens with one attached hydrogen (secondary N) is 2. The number of hydrogen-bond donors (Lipinski definition) is 2. The maximum Gasteiger partial charge on any atom is 0.246 e. The Morgan fingerprint density at radius 3 is 2.00 bits per heavy atom. The number of carbonyl (C=O) groups excluding carboxylic acids is 1. The maximum atomic E-state index is 12.6. The Bertz CT molecular complexity index is 782. The van der Waals surface area contributed by atoms with Gasteiger partial charge in [-0.25, -0.2) is 0 Å². The van der Waals surface area contributed by atoms with Gasteiger partial charge in [-0.2, -0.15) is 0 Å². The molecule has 2 N–H and O–H groups in total. The lowest BCUT2D eigenvalue weighted by molar-refractivity contribution is -0.116. The number of hydrogen-bond acceptors (Lipinski definition) is 6. The molecule has 0 aliphatic carbocycles. The number of aryl methyl sites for hydroxylation is 1. The van der Waals surface area contributed by atoms with E-state index in [0.717, 1.165) is 5.56 Å². The lowest BCUT2D eigenvalue weighted by Crippen LogP contribution is -2.32. The van der Waals surface area contributed by atoms with E-state index in [9.17, 15) is 4.79 Å². The molecule has 7 nitrogen and oxygen atoms in total. The normalized spacial score (nSPS) is 11.3.